The number of aromatic nitrogens is 2. The van der Waals surface area contributed by atoms with E-state index in [1.54, 1.807) is 7.11 Å². The zero-order chi connectivity index (χ0) is 22.6. The summed E-state index contributed by atoms with van der Waals surface area (Å²) in [5.74, 6) is 0.706. The fourth-order valence-corrected chi connectivity index (χ4v) is 10.3. The van der Waals surface area contributed by atoms with Crippen molar-refractivity contribution in [2.45, 2.75) is 96.2 Å². The van der Waals surface area contributed by atoms with E-state index in [4.69, 9.17) is 19.0 Å². The van der Waals surface area contributed by atoms with E-state index in [9.17, 15) is 0 Å². The first-order valence-electron chi connectivity index (χ1n) is 11.0. The highest BCUT2D eigenvalue weighted by atomic mass is 32.3. The van der Waals surface area contributed by atoms with Crippen molar-refractivity contribution < 1.29 is 14.0 Å². The maximum atomic E-state index is 6.41. The van der Waals surface area contributed by atoms with Crippen molar-refractivity contribution >= 4 is 33.8 Å². The van der Waals surface area contributed by atoms with Gasteiger partial charge in [-0.15, -0.1) is 0 Å². The Morgan fingerprint density at radius 2 is 1.47 bits per heavy atom. The Morgan fingerprint density at radius 3 is 1.90 bits per heavy atom. The van der Waals surface area contributed by atoms with Crippen molar-refractivity contribution in [2.75, 3.05) is 7.11 Å². The Labute approximate surface area is 184 Å². The Balaban J connectivity index is 2.27. The lowest BCUT2D eigenvalue weighted by Gasteiger charge is -2.52. The monoisotopic (exact) mass is 434 g/mol. The topological polar surface area (TPSA) is 45.5 Å². The van der Waals surface area contributed by atoms with Crippen LogP contribution >= 0.6 is 10.2 Å². The highest BCUT2D eigenvalue weighted by Gasteiger charge is 2.53. The van der Waals surface area contributed by atoms with Crippen molar-refractivity contribution in [1.29, 1.82) is 0 Å². The third-order valence-corrected chi connectivity index (χ3v) is 12.5. The average molecular weight is 434 g/mol. The lowest BCUT2D eigenvalue weighted by Crippen LogP contribution is -2.41. The second kappa shape index (κ2) is 7.75. The van der Waals surface area contributed by atoms with Gasteiger partial charge < -0.3 is 14.0 Å². The molecule has 1 aliphatic heterocycles. The largest absolute Gasteiger partial charge is 0.499 e. The second-order valence-corrected chi connectivity index (χ2v) is 14.7. The molecule has 2 aromatic rings. The van der Waals surface area contributed by atoms with Crippen LogP contribution in [0.4, 0.5) is 0 Å². The molecule has 1 fully saturated rings. The smallest absolute Gasteiger partial charge is 0.495 e. The van der Waals surface area contributed by atoms with Crippen LogP contribution < -0.4 is 10.2 Å². The van der Waals surface area contributed by atoms with E-state index in [0.29, 0.717) is 21.5 Å². The lowest BCUT2D eigenvalue weighted by atomic mass is 9.77. The number of rotatable bonds is 6. The summed E-state index contributed by atoms with van der Waals surface area (Å²) in [4.78, 5) is 4.88. The second-order valence-electron chi connectivity index (χ2n) is 10.1. The molecule has 2 aromatic heterocycles. The first-order chi connectivity index (χ1) is 13.8. The third-order valence-electron chi connectivity index (χ3n) is 7.00. The molecule has 0 spiro atoms. The number of ether oxygens (including phenoxy) is 1. The van der Waals surface area contributed by atoms with E-state index < -0.39 is 28.5 Å². The Bertz CT molecular complexity index is 883. The van der Waals surface area contributed by atoms with E-state index in [1.165, 1.54) is 0 Å². The summed E-state index contributed by atoms with van der Waals surface area (Å²) in [6.07, 6.45) is 4.05. The van der Waals surface area contributed by atoms with Crippen LogP contribution in [0.1, 0.15) is 69.2 Å². The van der Waals surface area contributed by atoms with E-state index in [2.05, 4.69) is 85.5 Å². The number of pyridine rings is 1. The quantitative estimate of drug-likeness (QED) is 0.591. The van der Waals surface area contributed by atoms with Crippen LogP contribution in [-0.2, 0) is 9.31 Å². The van der Waals surface area contributed by atoms with Crippen LogP contribution in [0.2, 0.25) is 0 Å². The van der Waals surface area contributed by atoms with Crippen molar-refractivity contribution in [1.82, 2.24) is 8.96 Å². The summed E-state index contributed by atoms with van der Waals surface area (Å²) in [5, 5.41) is 2.62. The third kappa shape index (κ3) is 3.28. The predicted molar refractivity (Wildman–Crippen MR) is 130 cm³/mol. The molecule has 168 valence electrons. The van der Waals surface area contributed by atoms with Gasteiger partial charge in [0, 0.05) is 32.8 Å². The van der Waals surface area contributed by atoms with Gasteiger partial charge in [-0.05, 0) is 33.8 Å². The molecule has 0 atom stereocenters. The molecule has 0 aromatic carbocycles. The minimum absolute atomic E-state index is 0.413. The van der Waals surface area contributed by atoms with Gasteiger partial charge in [0.05, 0.1) is 24.5 Å². The molecule has 3 rings (SSSR count). The summed E-state index contributed by atoms with van der Waals surface area (Å²) in [7, 11) is 0.00617. The van der Waals surface area contributed by atoms with Gasteiger partial charge in [-0.25, -0.2) is 4.98 Å². The molecule has 1 saturated heterocycles. The van der Waals surface area contributed by atoms with Crippen LogP contribution in [0.15, 0.2) is 18.5 Å². The highest BCUT2D eigenvalue weighted by molar-refractivity contribution is 8.33. The Hall–Kier alpha value is -1.18. The van der Waals surface area contributed by atoms with Gasteiger partial charge in [0.25, 0.3) is 0 Å². The van der Waals surface area contributed by atoms with Crippen LogP contribution in [0.3, 0.4) is 0 Å². The summed E-state index contributed by atoms with van der Waals surface area (Å²) < 4.78 is 21.0. The molecule has 7 heteroatoms. The fraction of sp³-hybridized carbons (Fsp3) is 0.696. The van der Waals surface area contributed by atoms with Gasteiger partial charge in [-0.2, -0.15) is 10.2 Å². The van der Waals surface area contributed by atoms with Gasteiger partial charge >= 0.3 is 7.12 Å². The Morgan fingerprint density at radius 1 is 0.967 bits per heavy atom. The summed E-state index contributed by atoms with van der Waals surface area (Å²) >= 11 is 0. The Kier molecular flexibility index (Phi) is 6.07. The first-order valence-corrected chi connectivity index (χ1v) is 12.8. The highest BCUT2D eigenvalue weighted by Crippen LogP contribution is 2.62. The number of nitrogens with zero attached hydrogens (tertiary/aromatic N) is 2. The van der Waals surface area contributed by atoms with Crippen molar-refractivity contribution in [3.05, 3.63) is 18.5 Å². The normalized spacial score (nSPS) is 19.5. The van der Waals surface area contributed by atoms with E-state index in [-0.39, 0.29) is 0 Å². The standard InChI is InChI=1S/C23H39BN2O3S/c1-15(2)30(16(3)4,17(5)6)26-13-12-18-20(19(27-11)14-25-21(18)26)24-28-22(7,8)23(9,10)29-24/h12-17H,1-11H3. The zero-order valence-electron chi connectivity index (χ0n) is 20.6. The SMILES string of the molecule is COc1cnc2c(ccn2S(C(C)C)(C(C)C)C(C)C)c1B1OC(C)(C)C(C)(C)O1. The number of hydrogen-bond acceptors (Lipinski definition) is 4. The molecule has 30 heavy (non-hydrogen) atoms. The van der Waals surface area contributed by atoms with Crippen molar-refractivity contribution in [3.63, 3.8) is 0 Å². The maximum Gasteiger partial charge on any atom is 0.499 e. The van der Waals surface area contributed by atoms with Crippen LogP contribution in [-0.4, -0.2) is 50.1 Å². The van der Waals surface area contributed by atoms with Crippen LogP contribution in [0.5, 0.6) is 5.75 Å². The molecule has 0 unspecified atom stereocenters. The molecule has 0 radical (unpaired) electrons. The van der Waals surface area contributed by atoms with Gasteiger partial charge in [0.15, 0.2) is 0 Å². The minimum Gasteiger partial charge on any atom is -0.495 e. The fourth-order valence-electron chi connectivity index (χ4n) is 5.00. The van der Waals surface area contributed by atoms with Gasteiger partial charge in [-0.3, -0.25) is 3.97 Å². The van der Waals surface area contributed by atoms with Gasteiger partial charge in [0.1, 0.15) is 11.4 Å². The molecule has 5 nitrogen and oxygen atoms in total. The summed E-state index contributed by atoms with van der Waals surface area (Å²) in [5.41, 5.74) is 1.10. The van der Waals surface area contributed by atoms with Crippen molar-refractivity contribution in [2.24, 2.45) is 0 Å². The average Bonchev–Trinajstić information content (AvgIpc) is 3.12. The zero-order valence-corrected chi connectivity index (χ0v) is 21.4. The van der Waals surface area contributed by atoms with Crippen LogP contribution in [0, 0.1) is 0 Å². The molecule has 0 N–H and O–H groups in total. The van der Waals surface area contributed by atoms with Crippen LogP contribution in [0.25, 0.3) is 11.0 Å². The molecule has 0 amide bonds. The molecule has 1 aliphatic rings. The van der Waals surface area contributed by atoms with Gasteiger partial charge in [-0.1, -0.05) is 41.5 Å². The number of methoxy groups -OCH3 is 1. The maximum absolute atomic E-state index is 6.41. The number of hydrogen-bond donors (Lipinski definition) is 0. The predicted octanol–water partition coefficient (Wildman–Crippen LogP) is 5.14. The molecular weight excluding hydrogens is 395 g/mol. The van der Waals surface area contributed by atoms with E-state index >= 15 is 0 Å². The summed E-state index contributed by atoms with van der Waals surface area (Å²) in [6.45, 7) is 22.4. The first kappa shape index (κ1) is 23.5. The molecule has 0 aliphatic carbocycles. The van der Waals surface area contributed by atoms with E-state index in [0.717, 1.165) is 16.5 Å². The molecular formula is C23H39BN2O3S. The lowest BCUT2D eigenvalue weighted by molar-refractivity contribution is 0.00578. The molecule has 0 saturated carbocycles. The van der Waals surface area contributed by atoms with E-state index in [1.807, 2.05) is 6.20 Å². The molecule has 0 bridgehead atoms. The van der Waals surface area contributed by atoms with Gasteiger partial charge in [0.2, 0.25) is 0 Å². The summed E-state index contributed by atoms with van der Waals surface area (Å²) in [6, 6.07) is 2.17. The molecule has 3 heterocycles. The number of fused-ring (bicyclic) bond motifs is 1. The minimum atomic E-state index is -1.18. The van der Waals surface area contributed by atoms with Crippen molar-refractivity contribution in [3.8, 4) is 5.75 Å².